The van der Waals surface area contributed by atoms with Crippen LogP contribution in [0.3, 0.4) is 0 Å². The Kier molecular flexibility index (Phi) is 10.9. The minimum atomic E-state index is -0.252. The van der Waals surface area contributed by atoms with Crippen LogP contribution in [0.1, 0.15) is 94.9 Å². The van der Waals surface area contributed by atoms with Crippen molar-refractivity contribution >= 4 is 17.6 Å². The maximum atomic E-state index is 13.4. The molecule has 1 unspecified atom stereocenters. The van der Waals surface area contributed by atoms with Crippen LogP contribution in [-0.4, -0.2) is 26.5 Å². The van der Waals surface area contributed by atoms with E-state index in [1.807, 2.05) is 0 Å². The minimum Gasteiger partial charge on any atom is -0.368 e. The number of fused-ring (bicyclic) bond motifs is 1. The van der Waals surface area contributed by atoms with E-state index in [1.165, 1.54) is 49.6 Å². The summed E-state index contributed by atoms with van der Waals surface area (Å²) in [7, 11) is 0. The molecule has 0 amide bonds. The maximum Gasteiger partial charge on any atom is 0.277 e. The van der Waals surface area contributed by atoms with Gasteiger partial charge in [0, 0.05) is 29.6 Å². The number of hydrogen-bond donors (Lipinski definition) is 0. The van der Waals surface area contributed by atoms with Crippen molar-refractivity contribution in [2.75, 3.05) is 0 Å². The van der Waals surface area contributed by atoms with E-state index in [2.05, 4.69) is 45.7 Å². The Balaban J connectivity index is 1.54. The monoisotopic (exact) mass is 540 g/mol. The second-order valence-corrected chi connectivity index (χ2v) is 11.1. The van der Waals surface area contributed by atoms with Gasteiger partial charge in [0.2, 0.25) is 6.23 Å². The van der Waals surface area contributed by atoms with Gasteiger partial charge in [-0.3, -0.25) is 9.69 Å². The molecule has 206 valence electrons. The molecule has 0 spiro atoms. The third-order valence-electron chi connectivity index (χ3n) is 7.21. The van der Waals surface area contributed by atoms with Crippen molar-refractivity contribution in [2.24, 2.45) is 5.16 Å². The summed E-state index contributed by atoms with van der Waals surface area (Å²) in [4.78, 5) is 25.5. The first-order chi connectivity index (χ1) is 18.6. The van der Waals surface area contributed by atoms with E-state index in [0.717, 1.165) is 74.0 Å². The number of halogens is 1. The van der Waals surface area contributed by atoms with Gasteiger partial charge < -0.3 is 9.40 Å². The van der Waals surface area contributed by atoms with E-state index in [9.17, 15) is 9.18 Å². The van der Waals surface area contributed by atoms with Crippen molar-refractivity contribution in [1.29, 1.82) is 0 Å². The lowest BCUT2D eigenvalue weighted by molar-refractivity contribution is 0.0198. The third kappa shape index (κ3) is 7.49. The summed E-state index contributed by atoms with van der Waals surface area (Å²) < 4.78 is 15.5. The number of rotatable bonds is 15. The lowest BCUT2D eigenvalue weighted by atomic mass is 10.1. The van der Waals surface area contributed by atoms with Gasteiger partial charge >= 0.3 is 0 Å². The number of allylic oxidation sites excluding steroid dienone is 1. The molecule has 8 heteroatoms. The highest BCUT2D eigenvalue weighted by molar-refractivity contribution is 7.98. The van der Waals surface area contributed by atoms with Gasteiger partial charge in [0.25, 0.3) is 5.56 Å². The van der Waals surface area contributed by atoms with Crippen LogP contribution < -0.4 is 5.56 Å². The predicted octanol–water partition coefficient (Wildman–Crippen LogP) is 7.20. The summed E-state index contributed by atoms with van der Waals surface area (Å²) in [6.07, 6.45) is 17.2. The topological polar surface area (TPSA) is 59.7 Å². The normalized spacial score (nSPS) is 16.8. The van der Waals surface area contributed by atoms with Gasteiger partial charge in [-0.15, -0.1) is 0 Å². The van der Waals surface area contributed by atoms with E-state index < -0.39 is 0 Å². The second kappa shape index (κ2) is 14.5. The van der Waals surface area contributed by atoms with Gasteiger partial charge in [0.05, 0.1) is 6.54 Å². The zero-order chi connectivity index (χ0) is 26.7. The van der Waals surface area contributed by atoms with Gasteiger partial charge in [0.1, 0.15) is 5.82 Å². The molecule has 0 saturated carbocycles. The molecule has 0 radical (unpaired) electrons. The number of benzene rings is 1. The van der Waals surface area contributed by atoms with E-state index >= 15 is 0 Å². The lowest BCUT2D eigenvalue weighted by Gasteiger charge is -2.24. The summed E-state index contributed by atoms with van der Waals surface area (Å²) >= 11 is 1.51. The van der Waals surface area contributed by atoms with Crippen LogP contribution in [0.2, 0.25) is 0 Å². The van der Waals surface area contributed by atoms with Crippen molar-refractivity contribution in [2.45, 2.75) is 115 Å². The number of nitrogens with zero attached hydrogens (tertiary/aromatic N) is 4. The fourth-order valence-electron chi connectivity index (χ4n) is 5.03. The van der Waals surface area contributed by atoms with Gasteiger partial charge in [-0.2, -0.15) is 4.98 Å². The Morgan fingerprint density at radius 2 is 1.87 bits per heavy atom. The number of thioether (sulfide) groups is 1. The van der Waals surface area contributed by atoms with E-state index in [4.69, 9.17) is 4.84 Å². The molecule has 38 heavy (non-hydrogen) atoms. The Labute approximate surface area is 230 Å². The van der Waals surface area contributed by atoms with E-state index in [-0.39, 0.29) is 17.6 Å². The van der Waals surface area contributed by atoms with Crippen LogP contribution in [0.15, 0.2) is 51.6 Å². The molecule has 0 saturated heterocycles. The number of aromatic nitrogens is 2. The molecule has 0 fully saturated rings. The number of oxime groups is 1. The molecule has 1 aromatic carbocycles. The molecule has 0 N–H and O–H groups in total. The number of unbranched alkanes of at least 4 members (excludes halogenated alkanes) is 6. The first-order valence-corrected chi connectivity index (χ1v) is 15.3. The molecule has 1 aliphatic carbocycles. The molecule has 1 aliphatic heterocycles. The fourth-order valence-corrected chi connectivity index (χ4v) is 6.00. The molecule has 2 aromatic rings. The molecule has 1 atom stereocenters. The highest BCUT2D eigenvalue weighted by Crippen LogP contribution is 2.28. The zero-order valence-corrected chi connectivity index (χ0v) is 23.6. The van der Waals surface area contributed by atoms with Crippen molar-refractivity contribution in [1.82, 2.24) is 14.5 Å². The molecule has 2 heterocycles. The Bertz CT molecular complexity index is 1160. The fraction of sp³-hybridized carbons (Fsp3) is 0.567. The van der Waals surface area contributed by atoms with Crippen molar-refractivity contribution in [3.05, 3.63) is 69.5 Å². The molecular formula is C30H41FN4O2S. The third-order valence-corrected chi connectivity index (χ3v) is 8.26. The average molecular weight is 541 g/mol. The van der Waals surface area contributed by atoms with Crippen LogP contribution in [-0.2, 0) is 30.0 Å². The Hall–Kier alpha value is -2.61. The largest absolute Gasteiger partial charge is 0.368 e. The summed E-state index contributed by atoms with van der Waals surface area (Å²) in [5, 5.41) is 5.22. The quantitative estimate of drug-likeness (QED) is 0.136. The van der Waals surface area contributed by atoms with Gasteiger partial charge in [-0.05, 0) is 49.8 Å². The summed E-state index contributed by atoms with van der Waals surface area (Å²) in [5.74, 6) is 1.20. The van der Waals surface area contributed by atoms with Crippen LogP contribution in [0.5, 0.6) is 0 Å². The zero-order valence-electron chi connectivity index (χ0n) is 22.8. The van der Waals surface area contributed by atoms with Crippen molar-refractivity contribution in [3.8, 4) is 0 Å². The summed E-state index contributed by atoms with van der Waals surface area (Å²) in [5.41, 5.74) is 2.75. The van der Waals surface area contributed by atoms with Crippen LogP contribution in [0, 0.1) is 5.82 Å². The molecule has 2 aliphatic rings. The average Bonchev–Trinajstić information content (AvgIpc) is 3.56. The Morgan fingerprint density at radius 1 is 1.08 bits per heavy atom. The molecule has 6 nitrogen and oxygen atoms in total. The molecular weight excluding hydrogens is 499 g/mol. The van der Waals surface area contributed by atoms with Gasteiger partial charge in [0.15, 0.2) is 11.0 Å². The molecule has 1 aromatic heterocycles. The first-order valence-electron chi connectivity index (χ1n) is 14.3. The minimum absolute atomic E-state index is 0.0970. The molecule has 0 bridgehead atoms. The van der Waals surface area contributed by atoms with Gasteiger partial charge in [-0.25, -0.2) is 4.39 Å². The van der Waals surface area contributed by atoms with E-state index in [1.54, 1.807) is 12.1 Å². The first kappa shape index (κ1) is 28.4. The SMILES string of the molecule is CCCCC=CN1C(Cn2c(SCc3ccc(F)cc3)nc(=O)c3c2CCC3)=NOC1CCCCCCC. The lowest BCUT2D eigenvalue weighted by Crippen LogP contribution is -2.35. The van der Waals surface area contributed by atoms with Crippen molar-refractivity contribution < 1.29 is 9.23 Å². The molecule has 4 rings (SSSR count). The van der Waals surface area contributed by atoms with Gasteiger partial charge in [-0.1, -0.05) is 87.5 Å². The number of hydrogen-bond acceptors (Lipinski definition) is 6. The van der Waals surface area contributed by atoms with Crippen molar-refractivity contribution in [3.63, 3.8) is 0 Å². The smallest absolute Gasteiger partial charge is 0.277 e. The maximum absolute atomic E-state index is 13.4. The van der Waals surface area contributed by atoms with Crippen LogP contribution in [0.4, 0.5) is 4.39 Å². The highest BCUT2D eigenvalue weighted by Gasteiger charge is 2.30. The highest BCUT2D eigenvalue weighted by atomic mass is 32.2. The second-order valence-electron chi connectivity index (χ2n) is 10.2. The van der Waals surface area contributed by atoms with Crippen LogP contribution in [0.25, 0.3) is 0 Å². The predicted molar refractivity (Wildman–Crippen MR) is 153 cm³/mol. The Morgan fingerprint density at radius 3 is 2.66 bits per heavy atom. The van der Waals surface area contributed by atoms with Crippen LogP contribution >= 0.6 is 11.8 Å². The summed E-state index contributed by atoms with van der Waals surface area (Å²) in [6.45, 7) is 4.94. The number of amidine groups is 1. The standard InChI is InChI=1S/C30H41FN4O2S/c1-3-5-7-9-10-15-28-34(20-11-8-6-4-2)27(33-37-28)21-35-26-14-12-13-25(26)29(36)32-30(35)38-22-23-16-18-24(31)19-17-23/h11,16-20,28H,3-10,12-15,21-22H2,1-2H3. The van der Waals surface area contributed by atoms with E-state index in [0.29, 0.717) is 17.5 Å². The summed E-state index contributed by atoms with van der Waals surface area (Å²) in [6, 6.07) is 6.49.